The molecule has 14 heavy (non-hydrogen) atoms. The van der Waals surface area contributed by atoms with Crippen molar-refractivity contribution in [3.8, 4) is 0 Å². The Morgan fingerprint density at radius 1 is 1.50 bits per heavy atom. The van der Waals surface area contributed by atoms with Gasteiger partial charge >= 0.3 is 11.2 Å². The third-order valence-corrected chi connectivity index (χ3v) is 3.91. The van der Waals surface area contributed by atoms with E-state index in [4.69, 9.17) is 5.11 Å². The van der Waals surface area contributed by atoms with Crippen LogP contribution in [0.1, 0.15) is 0 Å². The highest BCUT2D eigenvalue weighted by Gasteiger charge is 2.41. The van der Waals surface area contributed by atoms with Crippen molar-refractivity contribution in [1.82, 2.24) is 10.2 Å². The highest BCUT2D eigenvalue weighted by atomic mass is 32.2. The third-order valence-electron chi connectivity index (χ3n) is 1.03. The summed E-state index contributed by atoms with van der Waals surface area (Å²) in [6.45, 7) is 0. The van der Waals surface area contributed by atoms with Gasteiger partial charge in [-0.05, 0) is 18.0 Å². The Balaban J connectivity index is 2.73. The number of aliphatic carboxylic acids is 1. The molecule has 1 aromatic heterocycles. The van der Waals surface area contributed by atoms with Gasteiger partial charge in [0.25, 0.3) is 0 Å². The number of halogens is 2. The first-order valence-electron chi connectivity index (χ1n) is 3.13. The van der Waals surface area contributed by atoms with Crippen molar-refractivity contribution >= 4 is 40.8 Å². The van der Waals surface area contributed by atoms with Crippen LogP contribution in [0.15, 0.2) is 8.68 Å². The molecule has 0 spiro atoms. The molecule has 0 unspecified atom stereocenters. The smallest absolute Gasteiger partial charge is 0.395 e. The van der Waals surface area contributed by atoms with E-state index in [9.17, 15) is 13.6 Å². The van der Waals surface area contributed by atoms with E-state index in [1.807, 2.05) is 0 Å². The molecule has 0 saturated heterocycles. The van der Waals surface area contributed by atoms with Gasteiger partial charge in [-0.1, -0.05) is 23.1 Å². The summed E-state index contributed by atoms with van der Waals surface area (Å²) < 4.78 is 25.7. The minimum Gasteiger partial charge on any atom is -0.476 e. The van der Waals surface area contributed by atoms with Gasteiger partial charge < -0.3 is 5.11 Å². The van der Waals surface area contributed by atoms with Crippen molar-refractivity contribution in [2.24, 2.45) is 0 Å². The summed E-state index contributed by atoms with van der Waals surface area (Å²) in [6.07, 6.45) is 1.73. The van der Waals surface area contributed by atoms with Crippen molar-refractivity contribution in [2.75, 3.05) is 6.26 Å². The third kappa shape index (κ3) is 2.79. The summed E-state index contributed by atoms with van der Waals surface area (Å²) >= 11 is 2.09. The number of hydrogen-bond donors (Lipinski definition) is 1. The average Bonchev–Trinajstić information content (AvgIpc) is 2.51. The molecule has 1 heterocycles. The Hall–Kier alpha value is -0.410. The van der Waals surface area contributed by atoms with Gasteiger partial charge in [-0.2, -0.15) is 8.78 Å². The summed E-state index contributed by atoms with van der Waals surface area (Å²) in [4.78, 5) is 10.1. The predicted molar refractivity (Wildman–Crippen MR) is 50.1 cm³/mol. The zero-order valence-electron chi connectivity index (χ0n) is 6.73. The molecule has 0 atom stereocenters. The van der Waals surface area contributed by atoms with E-state index in [2.05, 4.69) is 10.2 Å². The second-order valence-electron chi connectivity index (χ2n) is 1.96. The first-order chi connectivity index (χ1) is 6.45. The first kappa shape index (κ1) is 11.7. The van der Waals surface area contributed by atoms with Crippen molar-refractivity contribution in [2.45, 2.75) is 13.9 Å². The van der Waals surface area contributed by atoms with Crippen molar-refractivity contribution in [1.29, 1.82) is 0 Å². The predicted octanol–water partition coefficient (Wildman–Crippen LogP) is 2.03. The zero-order chi connectivity index (χ0) is 10.8. The molecule has 4 nitrogen and oxygen atoms in total. The SMILES string of the molecule is CSc1nnc(SC(F)(F)C(=O)O)s1. The summed E-state index contributed by atoms with van der Waals surface area (Å²) in [5.41, 5.74) is 0. The van der Waals surface area contributed by atoms with Crippen molar-refractivity contribution in [3.63, 3.8) is 0 Å². The molecule has 0 bridgehead atoms. The number of rotatable bonds is 4. The maximum absolute atomic E-state index is 12.6. The van der Waals surface area contributed by atoms with E-state index in [0.29, 0.717) is 4.34 Å². The number of hydrogen-bond acceptors (Lipinski definition) is 6. The van der Waals surface area contributed by atoms with Crippen LogP contribution in [0.2, 0.25) is 0 Å². The Morgan fingerprint density at radius 2 is 2.07 bits per heavy atom. The van der Waals surface area contributed by atoms with Crippen LogP contribution >= 0.6 is 34.9 Å². The molecule has 0 fully saturated rings. The molecule has 78 valence electrons. The lowest BCUT2D eigenvalue weighted by atomic mass is 10.7. The van der Waals surface area contributed by atoms with Crippen molar-refractivity contribution < 1.29 is 18.7 Å². The van der Waals surface area contributed by atoms with E-state index in [1.54, 1.807) is 6.26 Å². The van der Waals surface area contributed by atoms with Crippen LogP contribution in [0.25, 0.3) is 0 Å². The van der Waals surface area contributed by atoms with Gasteiger partial charge in [0.15, 0.2) is 8.68 Å². The normalized spacial score (nSPS) is 11.6. The summed E-state index contributed by atoms with van der Waals surface area (Å²) in [6, 6.07) is 0. The molecule has 1 aromatic rings. The van der Waals surface area contributed by atoms with Crippen LogP contribution in [-0.4, -0.2) is 32.8 Å². The average molecular weight is 258 g/mol. The molecule has 0 saturated carbocycles. The maximum atomic E-state index is 12.6. The minimum absolute atomic E-state index is 0.0539. The quantitative estimate of drug-likeness (QED) is 0.834. The fraction of sp³-hybridized carbons (Fsp3) is 0.400. The molecular weight excluding hydrogens is 254 g/mol. The van der Waals surface area contributed by atoms with Gasteiger partial charge in [0.1, 0.15) is 0 Å². The summed E-state index contributed by atoms with van der Waals surface area (Å²) in [5, 5.41) is 11.3. The van der Waals surface area contributed by atoms with Gasteiger partial charge in [0.05, 0.1) is 0 Å². The molecule has 0 aromatic carbocycles. The van der Waals surface area contributed by atoms with Crippen LogP contribution in [0.3, 0.4) is 0 Å². The van der Waals surface area contributed by atoms with Gasteiger partial charge in [-0.3, -0.25) is 0 Å². The number of nitrogens with zero attached hydrogens (tertiary/aromatic N) is 2. The summed E-state index contributed by atoms with van der Waals surface area (Å²) in [7, 11) is 0. The summed E-state index contributed by atoms with van der Waals surface area (Å²) in [5.74, 6) is -2.18. The second kappa shape index (κ2) is 4.41. The minimum atomic E-state index is -3.85. The fourth-order valence-corrected chi connectivity index (χ4v) is 2.74. The molecule has 0 amide bonds. The molecule has 0 radical (unpaired) electrons. The lowest BCUT2D eigenvalue weighted by molar-refractivity contribution is -0.152. The van der Waals surface area contributed by atoms with E-state index in [-0.39, 0.29) is 16.1 Å². The van der Waals surface area contributed by atoms with Crippen molar-refractivity contribution in [3.05, 3.63) is 0 Å². The molecule has 1 N–H and O–H groups in total. The van der Waals surface area contributed by atoms with Crippen LogP contribution in [0, 0.1) is 0 Å². The lowest BCUT2D eigenvalue weighted by Crippen LogP contribution is -2.23. The number of aromatic nitrogens is 2. The number of alkyl halides is 2. The first-order valence-corrected chi connectivity index (χ1v) is 5.99. The number of carboxylic acid groups (broad SMARTS) is 1. The van der Waals surface area contributed by atoms with E-state index < -0.39 is 11.2 Å². The van der Waals surface area contributed by atoms with Gasteiger partial charge in [0, 0.05) is 0 Å². The Bertz CT molecular complexity index is 343. The number of carboxylic acids is 1. The molecule has 0 aliphatic heterocycles. The molecule has 0 aliphatic rings. The maximum Gasteiger partial charge on any atom is 0.395 e. The van der Waals surface area contributed by atoms with Crippen LogP contribution in [0.5, 0.6) is 0 Å². The van der Waals surface area contributed by atoms with E-state index in [0.717, 1.165) is 11.3 Å². The number of thioether (sulfide) groups is 2. The highest BCUT2D eigenvalue weighted by molar-refractivity contribution is 8.04. The standard InChI is InChI=1S/C5H4F2N2O2S3/c1-12-3-8-9-4(13-3)14-5(6,7)2(10)11/h1H3,(H,10,11). The lowest BCUT2D eigenvalue weighted by Gasteiger charge is -2.06. The molecule has 9 heteroatoms. The number of carbonyl (C=O) groups is 1. The van der Waals surface area contributed by atoms with Gasteiger partial charge in [-0.25, -0.2) is 4.79 Å². The van der Waals surface area contributed by atoms with Crippen LogP contribution < -0.4 is 0 Å². The van der Waals surface area contributed by atoms with Crippen LogP contribution in [0.4, 0.5) is 8.78 Å². The highest BCUT2D eigenvalue weighted by Crippen LogP contribution is 2.38. The van der Waals surface area contributed by atoms with Crippen LogP contribution in [-0.2, 0) is 4.79 Å². The van der Waals surface area contributed by atoms with E-state index in [1.165, 1.54) is 11.8 Å². The van der Waals surface area contributed by atoms with Gasteiger partial charge in [0.2, 0.25) is 0 Å². The monoisotopic (exact) mass is 258 g/mol. The Morgan fingerprint density at radius 3 is 2.50 bits per heavy atom. The molecule has 1 rings (SSSR count). The van der Waals surface area contributed by atoms with Gasteiger partial charge in [-0.15, -0.1) is 10.2 Å². The fourth-order valence-electron chi connectivity index (χ4n) is 0.474. The topological polar surface area (TPSA) is 63.1 Å². The van der Waals surface area contributed by atoms with E-state index >= 15 is 0 Å². The zero-order valence-corrected chi connectivity index (χ0v) is 9.18. The Kier molecular flexibility index (Phi) is 3.67. The molecule has 0 aliphatic carbocycles. The Labute approximate surface area is 90.1 Å². The molecular formula is C5H4F2N2O2S3. The largest absolute Gasteiger partial charge is 0.476 e. The second-order valence-corrected chi connectivity index (χ2v) is 5.35.